The number of rotatable bonds is 4. The first kappa shape index (κ1) is 14.3. The molecule has 0 saturated carbocycles. The smallest absolute Gasteiger partial charge is 0.474 e. The average Bonchev–Trinajstić information content (AvgIpc) is 1.99. The Morgan fingerprint density at radius 1 is 0.938 bits per heavy atom. The molecule has 0 atom stereocenters. The van der Waals surface area contributed by atoms with Crippen molar-refractivity contribution < 1.29 is 50.1 Å². The van der Waals surface area contributed by atoms with Crippen molar-refractivity contribution in [3.8, 4) is 0 Å². The van der Waals surface area contributed by atoms with Crippen LogP contribution in [0.15, 0.2) is 12.0 Å². The van der Waals surface area contributed by atoms with Crippen molar-refractivity contribution >= 4 is 5.97 Å². The van der Waals surface area contributed by atoms with Gasteiger partial charge >= 0.3 is 30.5 Å². The van der Waals surface area contributed by atoms with Crippen molar-refractivity contribution in [3.05, 3.63) is 12.0 Å². The third kappa shape index (κ3) is 4.70. The van der Waals surface area contributed by atoms with E-state index in [1.165, 1.54) is 0 Å². The van der Waals surface area contributed by atoms with Gasteiger partial charge in [0, 0.05) is 0 Å². The van der Waals surface area contributed by atoms with Gasteiger partial charge in [-0.25, -0.2) is 4.79 Å². The Morgan fingerprint density at radius 3 is 1.62 bits per heavy atom. The third-order valence-electron chi connectivity index (χ3n) is 0.827. The number of alkyl halides is 5. The number of aliphatic carboxylic acids is 1. The minimum Gasteiger partial charge on any atom is -0.474 e. The van der Waals surface area contributed by atoms with Gasteiger partial charge in [-0.1, -0.05) is 0 Å². The molecule has 0 saturated heterocycles. The third-order valence-corrected chi connectivity index (χ3v) is 0.827. The summed E-state index contributed by atoms with van der Waals surface area (Å²) in [5.41, 5.74) is 0. The van der Waals surface area contributed by atoms with Gasteiger partial charge in [0.15, 0.2) is 0 Å². The Hall–Kier alpha value is -1.68. The molecule has 1 N–H and O–H groups in total. The highest BCUT2D eigenvalue weighted by atomic mass is 19.4. The Kier molecular flexibility index (Phi) is 3.98. The zero-order chi connectivity index (χ0) is 13.1. The molecule has 0 heterocycles. The van der Waals surface area contributed by atoms with Crippen LogP contribution >= 0.6 is 0 Å². The van der Waals surface area contributed by atoms with Gasteiger partial charge in [-0.05, 0) is 0 Å². The summed E-state index contributed by atoms with van der Waals surface area (Å²) in [5.74, 6) is -3.03. The van der Waals surface area contributed by atoms with Gasteiger partial charge in [-0.3, -0.25) is 0 Å². The maximum absolute atomic E-state index is 12.1. The van der Waals surface area contributed by atoms with E-state index in [-0.39, 0.29) is 0 Å². The predicted molar refractivity (Wildman–Crippen MR) is 30.0 cm³/mol. The molecule has 0 aromatic carbocycles. The normalized spacial score (nSPS) is 14.2. The molecule has 0 aromatic heterocycles. The average molecular weight is 258 g/mol. The van der Waals surface area contributed by atoms with Gasteiger partial charge < -0.3 is 14.6 Å². The van der Waals surface area contributed by atoms with Gasteiger partial charge in [0.05, 0.1) is 0 Å². The molecule has 0 amide bonds. The SMILES string of the molecule is O=C(O)C(F)(F)O/C(F)=C(\F)OC(F)(F)F. The van der Waals surface area contributed by atoms with Crippen LogP contribution in [0, 0.1) is 0 Å². The highest BCUT2D eigenvalue weighted by molar-refractivity contribution is 5.73. The minimum atomic E-state index is -5.68. The summed E-state index contributed by atoms with van der Waals surface area (Å²) in [4.78, 5) is 9.61. The number of halogens is 7. The molecular formula is C5HF7O4. The van der Waals surface area contributed by atoms with Crippen LogP contribution in [0.1, 0.15) is 0 Å². The molecule has 0 unspecified atom stereocenters. The van der Waals surface area contributed by atoms with Crippen LogP contribution in [-0.4, -0.2) is 23.5 Å². The van der Waals surface area contributed by atoms with Crippen LogP contribution in [0.5, 0.6) is 0 Å². The van der Waals surface area contributed by atoms with Crippen LogP contribution < -0.4 is 0 Å². The lowest BCUT2D eigenvalue weighted by Gasteiger charge is -2.12. The van der Waals surface area contributed by atoms with Crippen molar-refractivity contribution in [3.63, 3.8) is 0 Å². The Balaban J connectivity index is 4.73. The lowest BCUT2D eigenvalue weighted by atomic mass is 10.6. The molecule has 0 radical (unpaired) electrons. The molecule has 94 valence electrons. The summed E-state index contributed by atoms with van der Waals surface area (Å²) in [6.07, 6.45) is -10.9. The maximum atomic E-state index is 12.1. The van der Waals surface area contributed by atoms with E-state index in [1.807, 2.05) is 0 Å². The van der Waals surface area contributed by atoms with Crippen LogP contribution in [0.3, 0.4) is 0 Å². The van der Waals surface area contributed by atoms with Gasteiger partial charge in [0.25, 0.3) is 0 Å². The van der Waals surface area contributed by atoms with E-state index >= 15 is 0 Å². The van der Waals surface area contributed by atoms with Gasteiger partial charge in [-0.15, -0.1) is 13.2 Å². The first-order chi connectivity index (χ1) is 6.96. The Bertz CT molecular complexity index is 306. The maximum Gasteiger partial charge on any atom is 0.574 e. The molecule has 0 rings (SSSR count). The largest absolute Gasteiger partial charge is 0.574 e. The van der Waals surface area contributed by atoms with Gasteiger partial charge in [0.1, 0.15) is 0 Å². The molecule has 16 heavy (non-hydrogen) atoms. The Labute approximate surface area is 81.9 Å². The van der Waals surface area contributed by atoms with Crippen molar-refractivity contribution in [1.82, 2.24) is 0 Å². The molecular weight excluding hydrogens is 257 g/mol. The molecule has 4 nitrogen and oxygen atoms in total. The van der Waals surface area contributed by atoms with Crippen LogP contribution in [0.4, 0.5) is 30.7 Å². The lowest BCUT2D eigenvalue weighted by Crippen LogP contribution is -2.31. The van der Waals surface area contributed by atoms with Crippen molar-refractivity contribution in [2.75, 3.05) is 0 Å². The molecule has 0 spiro atoms. The number of ether oxygens (including phenoxy) is 2. The van der Waals surface area contributed by atoms with Crippen molar-refractivity contribution in [2.45, 2.75) is 12.5 Å². The van der Waals surface area contributed by atoms with Crippen LogP contribution in [0.25, 0.3) is 0 Å². The summed E-state index contributed by atoms with van der Waals surface area (Å²) in [6.45, 7) is 0. The Morgan fingerprint density at radius 2 is 1.31 bits per heavy atom. The molecule has 0 aliphatic heterocycles. The zero-order valence-electron chi connectivity index (χ0n) is 6.82. The molecule has 0 bridgehead atoms. The van der Waals surface area contributed by atoms with E-state index < -0.39 is 30.5 Å². The molecule has 0 aliphatic carbocycles. The van der Waals surface area contributed by atoms with Crippen molar-refractivity contribution in [2.24, 2.45) is 0 Å². The number of carbonyl (C=O) groups is 1. The van der Waals surface area contributed by atoms with Crippen LogP contribution in [0.2, 0.25) is 0 Å². The quantitative estimate of drug-likeness (QED) is 0.620. The first-order valence-corrected chi connectivity index (χ1v) is 3.07. The van der Waals surface area contributed by atoms with E-state index in [9.17, 15) is 35.5 Å². The summed E-state index contributed by atoms with van der Waals surface area (Å²) >= 11 is 0. The van der Waals surface area contributed by atoms with E-state index in [0.29, 0.717) is 0 Å². The summed E-state index contributed by atoms with van der Waals surface area (Å²) in [6, 6.07) is -6.32. The summed E-state index contributed by atoms with van der Waals surface area (Å²) < 4.78 is 86.5. The van der Waals surface area contributed by atoms with Gasteiger partial charge in [-0.2, -0.15) is 17.6 Å². The molecule has 0 aromatic rings. The molecule has 11 heteroatoms. The molecule has 0 aliphatic rings. The number of carboxylic acid groups (broad SMARTS) is 1. The van der Waals surface area contributed by atoms with E-state index in [4.69, 9.17) is 5.11 Å². The predicted octanol–water partition coefficient (Wildman–Crippen LogP) is 2.28. The second-order valence-electron chi connectivity index (χ2n) is 2.02. The number of hydrogen-bond donors (Lipinski definition) is 1. The van der Waals surface area contributed by atoms with E-state index in [0.717, 1.165) is 0 Å². The molecule has 0 fully saturated rings. The monoisotopic (exact) mass is 258 g/mol. The second-order valence-corrected chi connectivity index (χ2v) is 2.02. The fourth-order valence-electron chi connectivity index (χ4n) is 0.338. The highest BCUT2D eigenvalue weighted by Crippen LogP contribution is 2.27. The van der Waals surface area contributed by atoms with E-state index in [1.54, 1.807) is 0 Å². The van der Waals surface area contributed by atoms with E-state index in [2.05, 4.69) is 9.47 Å². The second kappa shape index (κ2) is 4.45. The lowest BCUT2D eigenvalue weighted by molar-refractivity contribution is -0.319. The highest BCUT2D eigenvalue weighted by Gasteiger charge is 2.45. The first-order valence-electron chi connectivity index (χ1n) is 3.07. The summed E-state index contributed by atoms with van der Waals surface area (Å²) in [5, 5.41) is 7.65. The fraction of sp³-hybridized carbons (Fsp3) is 0.400. The number of carboxylic acids is 1. The minimum absolute atomic E-state index is 2.21. The van der Waals surface area contributed by atoms with Crippen LogP contribution in [-0.2, 0) is 14.3 Å². The van der Waals surface area contributed by atoms with Crippen molar-refractivity contribution in [1.29, 1.82) is 0 Å². The summed E-state index contributed by atoms with van der Waals surface area (Å²) in [7, 11) is 0. The van der Waals surface area contributed by atoms with Gasteiger partial charge in [0.2, 0.25) is 0 Å². The topological polar surface area (TPSA) is 55.8 Å². The standard InChI is InChI=1S/C5HF7O4/c6-1(2(7)16-5(10,11)12)15-4(8,9)3(13)14/h(H,13,14)/b2-1+. The fourth-order valence-corrected chi connectivity index (χ4v) is 0.338. The zero-order valence-corrected chi connectivity index (χ0v) is 6.82. The number of hydrogen-bond acceptors (Lipinski definition) is 3.